The summed E-state index contributed by atoms with van der Waals surface area (Å²) in [4.78, 5) is 24.1. The van der Waals surface area contributed by atoms with Gasteiger partial charge >= 0.3 is 6.16 Å². The fourth-order valence-electron chi connectivity index (χ4n) is 3.77. The molecule has 0 aliphatic rings. The summed E-state index contributed by atoms with van der Waals surface area (Å²) in [5, 5.41) is 31.3. The average Bonchev–Trinajstić information content (AvgIpc) is 3.16. The number of carboxylic acid groups (broad SMARTS) is 1. The minimum Gasteiger partial charge on any atom is -0.505 e. The molecule has 0 saturated heterocycles. The van der Waals surface area contributed by atoms with Crippen molar-refractivity contribution in [3.63, 3.8) is 0 Å². The molecule has 0 aliphatic carbocycles. The van der Waals surface area contributed by atoms with Crippen LogP contribution in [-0.2, 0) is 0 Å². The van der Waals surface area contributed by atoms with Crippen LogP contribution in [-0.4, -0.2) is 26.1 Å². The molecule has 1 aromatic heterocycles. The third kappa shape index (κ3) is 4.90. The number of ether oxygens (including phenoxy) is 1. The number of carbonyl (C=O) groups is 1. The van der Waals surface area contributed by atoms with E-state index in [0.29, 0.717) is 22.5 Å². The monoisotopic (exact) mass is 486 g/mol. The lowest BCUT2D eigenvalue weighted by Gasteiger charge is -2.08. The van der Waals surface area contributed by atoms with Gasteiger partial charge < -0.3 is 14.9 Å². The summed E-state index contributed by atoms with van der Waals surface area (Å²) in [5.74, 6) is -0.0755. The number of aryl methyl sites for hydroxylation is 2. The van der Waals surface area contributed by atoms with E-state index in [1.54, 1.807) is 30.3 Å². The first-order chi connectivity index (χ1) is 17.2. The molecule has 4 aromatic rings. The number of azo groups is 1. The van der Waals surface area contributed by atoms with Gasteiger partial charge in [-0.15, -0.1) is 10.2 Å². The van der Waals surface area contributed by atoms with E-state index in [-0.39, 0.29) is 34.4 Å². The van der Waals surface area contributed by atoms with Crippen LogP contribution in [0, 0.1) is 13.8 Å². The number of aromatic amines is 1. The molecule has 0 saturated carbocycles. The van der Waals surface area contributed by atoms with Crippen LogP contribution in [0.2, 0.25) is 0 Å². The van der Waals surface area contributed by atoms with Crippen molar-refractivity contribution in [2.45, 2.75) is 33.6 Å². The molecule has 9 nitrogen and oxygen atoms in total. The van der Waals surface area contributed by atoms with E-state index in [9.17, 15) is 14.7 Å². The average molecular weight is 487 g/mol. The number of nitrogens with zero attached hydrogens (tertiary/aromatic N) is 3. The largest absolute Gasteiger partial charge is 0.511 e. The fourth-order valence-corrected chi connectivity index (χ4v) is 3.77. The first-order valence-corrected chi connectivity index (χ1v) is 11.3. The van der Waals surface area contributed by atoms with Crippen LogP contribution in [0.4, 0.5) is 16.2 Å². The Morgan fingerprint density at radius 3 is 2.44 bits per heavy atom. The quantitative estimate of drug-likeness (QED) is 0.158. The van der Waals surface area contributed by atoms with E-state index in [1.807, 2.05) is 45.9 Å². The molecule has 0 unspecified atom stereocenters. The highest BCUT2D eigenvalue weighted by atomic mass is 16.7. The molecule has 3 aromatic carbocycles. The van der Waals surface area contributed by atoms with Crippen molar-refractivity contribution in [2.75, 3.05) is 0 Å². The number of H-pyrrole nitrogens is 1. The van der Waals surface area contributed by atoms with Gasteiger partial charge in [0.2, 0.25) is 0 Å². The normalized spacial score (nSPS) is 11.4. The first kappa shape index (κ1) is 24.5. The zero-order valence-electron chi connectivity index (χ0n) is 20.3. The van der Waals surface area contributed by atoms with Crippen molar-refractivity contribution < 1.29 is 19.7 Å². The summed E-state index contributed by atoms with van der Waals surface area (Å²) >= 11 is 0. The minimum absolute atomic E-state index is 0.0312. The van der Waals surface area contributed by atoms with Crippen molar-refractivity contribution >= 4 is 17.5 Å². The van der Waals surface area contributed by atoms with Crippen LogP contribution in [0.5, 0.6) is 11.5 Å². The topological polar surface area (TPSA) is 129 Å². The van der Waals surface area contributed by atoms with Crippen LogP contribution >= 0.6 is 0 Å². The van der Waals surface area contributed by atoms with Crippen LogP contribution in [0.15, 0.2) is 75.7 Å². The molecule has 184 valence electrons. The third-order valence-electron chi connectivity index (χ3n) is 5.84. The molecule has 0 radical (unpaired) electrons. The number of phenols is 1. The number of aromatic nitrogens is 2. The molecular formula is C27H26N4O5. The standard InChI is InChI=1S/C27H26N4O5/c1-15(2)23-24(26(33)31(30-23)19-12-11-16(3)17(4)13-19)29-28-22-10-6-9-21(25(22)32)18-7-5-8-20(14-18)36-27(34)35/h5-15,30,32H,1-4H3,(H,34,35). The number of benzene rings is 3. The predicted molar refractivity (Wildman–Crippen MR) is 136 cm³/mol. The molecule has 3 N–H and O–H groups in total. The Balaban J connectivity index is 1.74. The Bertz CT molecular complexity index is 1530. The molecule has 36 heavy (non-hydrogen) atoms. The molecule has 0 amide bonds. The molecule has 0 aliphatic heterocycles. The van der Waals surface area contributed by atoms with Crippen LogP contribution in [0.3, 0.4) is 0 Å². The van der Waals surface area contributed by atoms with Gasteiger partial charge in [0.05, 0.1) is 11.4 Å². The molecule has 1 heterocycles. The van der Waals surface area contributed by atoms with Gasteiger partial charge in [0.25, 0.3) is 5.56 Å². The van der Waals surface area contributed by atoms with E-state index < -0.39 is 6.16 Å². The smallest absolute Gasteiger partial charge is 0.505 e. The van der Waals surface area contributed by atoms with Gasteiger partial charge in [-0.25, -0.2) is 9.48 Å². The summed E-state index contributed by atoms with van der Waals surface area (Å²) < 4.78 is 6.15. The molecular weight excluding hydrogens is 460 g/mol. The van der Waals surface area contributed by atoms with E-state index >= 15 is 0 Å². The van der Waals surface area contributed by atoms with Gasteiger partial charge in [-0.05, 0) is 66.8 Å². The van der Waals surface area contributed by atoms with Crippen molar-refractivity contribution in [1.29, 1.82) is 0 Å². The lowest BCUT2D eigenvalue weighted by atomic mass is 10.0. The Morgan fingerprint density at radius 2 is 1.75 bits per heavy atom. The summed E-state index contributed by atoms with van der Waals surface area (Å²) in [5.41, 5.74) is 4.41. The first-order valence-electron chi connectivity index (χ1n) is 11.3. The molecule has 4 rings (SSSR count). The van der Waals surface area contributed by atoms with Crippen molar-refractivity contribution in [3.05, 3.63) is 87.8 Å². The van der Waals surface area contributed by atoms with E-state index in [0.717, 1.165) is 11.1 Å². The minimum atomic E-state index is -1.43. The number of nitrogens with one attached hydrogen (secondary N) is 1. The third-order valence-corrected chi connectivity index (χ3v) is 5.84. The zero-order chi connectivity index (χ0) is 26.0. The lowest BCUT2D eigenvalue weighted by Crippen LogP contribution is -2.14. The predicted octanol–water partition coefficient (Wildman–Crippen LogP) is 6.75. The van der Waals surface area contributed by atoms with Gasteiger partial charge in [-0.1, -0.05) is 44.2 Å². The van der Waals surface area contributed by atoms with Crippen molar-refractivity contribution in [3.8, 4) is 28.3 Å². The Morgan fingerprint density at radius 1 is 1.00 bits per heavy atom. The number of para-hydroxylation sites is 1. The Labute approximate surface area is 207 Å². The molecule has 0 atom stereocenters. The van der Waals surface area contributed by atoms with E-state index in [4.69, 9.17) is 9.84 Å². The van der Waals surface area contributed by atoms with E-state index in [1.165, 1.54) is 16.8 Å². The maximum Gasteiger partial charge on any atom is 0.511 e. The molecule has 9 heteroatoms. The summed E-state index contributed by atoms with van der Waals surface area (Å²) in [6.45, 7) is 7.88. The second-order valence-corrected chi connectivity index (χ2v) is 8.71. The van der Waals surface area contributed by atoms with Gasteiger partial charge in [-0.2, -0.15) is 0 Å². The number of hydrogen-bond acceptors (Lipinski definition) is 6. The zero-order valence-corrected chi connectivity index (χ0v) is 20.3. The van der Waals surface area contributed by atoms with Crippen LogP contribution in [0.25, 0.3) is 16.8 Å². The van der Waals surface area contributed by atoms with Crippen LogP contribution < -0.4 is 10.3 Å². The Kier molecular flexibility index (Phi) is 6.73. The summed E-state index contributed by atoms with van der Waals surface area (Å²) in [7, 11) is 0. The maximum atomic E-state index is 13.3. The highest BCUT2D eigenvalue weighted by molar-refractivity contribution is 5.77. The SMILES string of the molecule is Cc1ccc(-n2[nH]c(C(C)C)c(N=Nc3cccc(-c4cccc(OC(=O)O)c4)c3O)c2=O)cc1C. The van der Waals surface area contributed by atoms with Gasteiger partial charge in [-0.3, -0.25) is 9.89 Å². The summed E-state index contributed by atoms with van der Waals surface area (Å²) in [6, 6.07) is 17.0. The van der Waals surface area contributed by atoms with Gasteiger partial charge in [0, 0.05) is 5.56 Å². The maximum absolute atomic E-state index is 13.3. The number of phenolic OH excluding ortho intramolecular Hbond substituents is 1. The van der Waals surface area contributed by atoms with Crippen molar-refractivity contribution in [2.24, 2.45) is 10.2 Å². The number of hydrogen-bond donors (Lipinski definition) is 3. The van der Waals surface area contributed by atoms with Gasteiger partial charge in [0.1, 0.15) is 11.4 Å². The molecule has 0 fully saturated rings. The molecule has 0 bridgehead atoms. The number of rotatable bonds is 6. The fraction of sp³-hybridized carbons (Fsp3) is 0.185. The second-order valence-electron chi connectivity index (χ2n) is 8.71. The Hall–Kier alpha value is -4.66. The van der Waals surface area contributed by atoms with Gasteiger partial charge in [0.15, 0.2) is 11.4 Å². The summed E-state index contributed by atoms with van der Waals surface area (Å²) in [6.07, 6.45) is -1.43. The van der Waals surface area contributed by atoms with E-state index in [2.05, 4.69) is 15.3 Å². The van der Waals surface area contributed by atoms with Crippen LogP contribution in [0.1, 0.15) is 36.6 Å². The van der Waals surface area contributed by atoms with Crippen molar-refractivity contribution in [1.82, 2.24) is 9.78 Å². The lowest BCUT2D eigenvalue weighted by molar-refractivity contribution is 0.144. The number of aromatic hydroxyl groups is 1. The molecule has 0 spiro atoms. The highest BCUT2D eigenvalue weighted by Crippen LogP contribution is 2.39. The second kappa shape index (κ2) is 9.91. The highest BCUT2D eigenvalue weighted by Gasteiger charge is 2.19.